The number of carbonyl (C=O) groups is 1. The molecule has 25 heavy (non-hydrogen) atoms. The van der Waals surface area contributed by atoms with Crippen molar-refractivity contribution < 1.29 is 15.0 Å². The molecular weight excluding hydrogens is 316 g/mol. The van der Waals surface area contributed by atoms with E-state index >= 15 is 0 Å². The number of hydrogen-bond acceptors (Lipinski definition) is 4. The van der Waals surface area contributed by atoms with Gasteiger partial charge in [-0.3, -0.25) is 9.78 Å². The van der Waals surface area contributed by atoms with E-state index in [4.69, 9.17) is 5.11 Å². The fourth-order valence-electron chi connectivity index (χ4n) is 3.49. The number of rotatable bonds is 4. The number of hydrogen-bond donors (Lipinski definition) is 2. The third-order valence-corrected chi connectivity index (χ3v) is 5.00. The number of aliphatic hydroxyl groups excluding tert-OH is 2. The molecule has 3 rings (SSSR count). The largest absolute Gasteiger partial charge is 0.394 e. The summed E-state index contributed by atoms with van der Waals surface area (Å²) in [7, 11) is 0. The number of piperidine rings is 1. The van der Waals surface area contributed by atoms with Gasteiger partial charge in [-0.1, -0.05) is 30.3 Å². The van der Waals surface area contributed by atoms with Crippen LogP contribution in [0.4, 0.5) is 0 Å². The molecule has 1 aromatic heterocycles. The van der Waals surface area contributed by atoms with Crippen molar-refractivity contribution in [2.24, 2.45) is 5.92 Å². The molecule has 1 unspecified atom stereocenters. The van der Waals surface area contributed by atoms with Crippen LogP contribution >= 0.6 is 0 Å². The van der Waals surface area contributed by atoms with Crippen LogP contribution in [0.25, 0.3) is 11.1 Å². The minimum absolute atomic E-state index is 0.0126. The summed E-state index contributed by atoms with van der Waals surface area (Å²) in [5.41, 5.74) is 3.27. The second-order valence-electron chi connectivity index (χ2n) is 6.56. The first-order valence-corrected chi connectivity index (χ1v) is 8.71. The van der Waals surface area contributed by atoms with Crippen molar-refractivity contribution >= 4 is 5.91 Å². The fraction of sp³-hybridized carbons (Fsp3) is 0.400. The number of nitrogens with zero attached hydrogens (tertiary/aromatic N) is 2. The second-order valence-corrected chi connectivity index (χ2v) is 6.56. The number of carbonyl (C=O) groups excluding carboxylic acids is 1. The van der Waals surface area contributed by atoms with Gasteiger partial charge in [-0.15, -0.1) is 0 Å². The van der Waals surface area contributed by atoms with Crippen LogP contribution in [0.5, 0.6) is 0 Å². The third-order valence-electron chi connectivity index (χ3n) is 5.00. The smallest absolute Gasteiger partial charge is 0.256 e. The van der Waals surface area contributed by atoms with Gasteiger partial charge in [0.15, 0.2) is 0 Å². The Morgan fingerprint density at radius 1 is 1.24 bits per heavy atom. The summed E-state index contributed by atoms with van der Waals surface area (Å²) in [6.45, 7) is 2.81. The molecule has 1 atom stereocenters. The molecule has 1 amide bonds. The molecule has 2 heterocycles. The number of aryl methyl sites for hydroxylation is 1. The molecule has 0 aliphatic carbocycles. The summed E-state index contributed by atoms with van der Waals surface area (Å²) in [6.07, 6.45) is 2.44. The van der Waals surface area contributed by atoms with Gasteiger partial charge in [0.25, 0.3) is 5.91 Å². The van der Waals surface area contributed by atoms with Gasteiger partial charge < -0.3 is 15.1 Å². The Bertz CT molecular complexity index is 725. The van der Waals surface area contributed by atoms with Crippen molar-refractivity contribution in [2.75, 3.05) is 19.7 Å². The molecule has 0 radical (unpaired) electrons. The van der Waals surface area contributed by atoms with Crippen LogP contribution in [0, 0.1) is 12.8 Å². The molecular formula is C20H24N2O3. The van der Waals surface area contributed by atoms with Crippen LogP contribution in [0.3, 0.4) is 0 Å². The number of aromatic nitrogens is 1. The summed E-state index contributed by atoms with van der Waals surface area (Å²) >= 11 is 0. The highest BCUT2D eigenvalue weighted by Gasteiger charge is 2.29. The lowest BCUT2D eigenvalue weighted by Crippen LogP contribution is -2.42. The summed E-state index contributed by atoms with van der Waals surface area (Å²) in [5.74, 6) is 0.0408. The van der Waals surface area contributed by atoms with Crippen molar-refractivity contribution in [3.63, 3.8) is 0 Å². The van der Waals surface area contributed by atoms with E-state index in [9.17, 15) is 9.90 Å². The van der Waals surface area contributed by atoms with E-state index in [1.54, 1.807) is 6.20 Å². The minimum atomic E-state index is -0.697. The standard InChI is InChI=1S/C20H24N2O3/c1-14-19(17(7-10-21-14)15-5-3-2-4-6-15)20(25)22-11-8-16(9-12-22)18(24)13-23/h2-7,10,16,18,23-24H,8-9,11-13H2,1H3. The van der Waals surface area contributed by atoms with Gasteiger partial charge >= 0.3 is 0 Å². The molecule has 1 aliphatic heterocycles. The lowest BCUT2D eigenvalue weighted by Gasteiger charge is -2.34. The van der Waals surface area contributed by atoms with Gasteiger partial charge in [-0.25, -0.2) is 0 Å². The molecule has 1 saturated heterocycles. The van der Waals surface area contributed by atoms with E-state index in [-0.39, 0.29) is 18.4 Å². The highest BCUT2D eigenvalue weighted by atomic mass is 16.3. The maximum absolute atomic E-state index is 13.1. The Balaban J connectivity index is 1.84. The number of amides is 1. The number of likely N-dealkylation sites (tertiary alicyclic amines) is 1. The van der Waals surface area contributed by atoms with Crippen LogP contribution in [-0.4, -0.2) is 51.8 Å². The quantitative estimate of drug-likeness (QED) is 0.895. The topological polar surface area (TPSA) is 73.7 Å². The predicted molar refractivity (Wildman–Crippen MR) is 96.1 cm³/mol. The highest BCUT2D eigenvalue weighted by Crippen LogP contribution is 2.28. The molecule has 1 aromatic carbocycles. The first-order chi connectivity index (χ1) is 12.1. The van der Waals surface area contributed by atoms with Crippen molar-refractivity contribution in [3.05, 3.63) is 53.9 Å². The summed E-state index contributed by atoms with van der Waals surface area (Å²) < 4.78 is 0. The Morgan fingerprint density at radius 3 is 2.56 bits per heavy atom. The van der Waals surface area contributed by atoms with E-state index in [1.807, 2.05) is 48.2 Å². The molecule has 132 valence electrons. The average Bonchev–Trinajstić information content (AvgIpc) is 2.67. The lowest BCUT2D eigenvalue weighted by atomic mass is 9.90. The van der Waals surface area contributed by atoms with E-state index in [0.717, 1.165) is 16.8 Å². The molecule has 2 N–H and O–H groups in total. The monoisotopic (exact) mass is 340 g/mol. The SMILES string of the molecule is Cc1nccc(-c2ccccc2)c1C(=O)N1CCC(C(O)CO)CC1. The van der Waals surface area contributed by atoms with Gasteiger partial charge in [0.05, 0.1) is 24.0 Å². The average molecular weight is 340 g/mol. The maximum Gasteiger partial charge on any atom is 0.256 e. The maximum atomic E-state index is 13.1. The van der Waals surface area contributed by atoms with Gasteiger partial charge in [0.1, 0.15) is 0 Å². The van der Waals surface area contributed by atoms with Crippen LogP contribution in [0.1, 0.15) is 28.9 Å². The molecule has 0 spiro atoms. The second kappa shape index (κ2) is 7.76. The summed E-state index contributed by atoms with van der Waals surface area (Å²) in [5, 5.41) is 18.9. The molecule has 0 bridgehead atoms. The minimum Gasteiger partial charge on any atom is -0.394 e. The first kappa shape index (κ1) is 17.6. The summed E-state index contributed by atoms with van der Waals surface area (Å²) in [4.78, 5) is 19.3. The number of pyridine rings is 1. The molecule has 1 aliphatic rings. The van der Waals surface area contributed by atoms with Gasteiger partial charge in [0.2, 0.25) is 0 Å². The Labute approximate surface area is 147 Å². The zero-order chi connectivity index (χ0) is 17.8. The zero-order valence-corrected chi connectivity index (χ0v) is 14.4. The van der Waals surface area contributed by atoms with Gasteiger partial charge in [-0.05, 0) is 42.9 Å². The normalized spacial score (nSPS) is 16.7. The van der Waals surface area contributed by atoms with Crippen LogP contribution < -0.4 is 0 Å². The summed E-state index contributed by atoms with van der Waals surface area (Å²) in [6, 6.07) is 11.8. The zero-order valence-electron chi connectivity index (χ0n) is 14.4. The van der Waals surface area contributed by atoms with Gasteiger partial charge in [-0.2, -0.15) is 0 Å². The first-order valence-electron chi connectivity index (χ1n) is 8.71. The lowest BCUT2D eigenvalue weighted by molar-refractivity contribution is 0.0179. The Hall–Kier alpha value is -2.24. The van der Waals surface area contributed by atoms with E-state index in [1.165, 1.54) is 0 Å². The Kier molecular flexibility index (Phi) is 5.46. The van der Waals surface area contributed by atoms with Crippen molar-refractivity contribution in [3.8, 4) is 11.1 Å². The van der Waals surface area contributed by atoms with Crippen LogP contribution in [-0.2, 0) is 0 Å². The van der Waals surface area contributed by atoms with Crippen molar-refractivity contribution in [1.82, 2.24) is 9.88 Å². The van der Waals surface area contributed by atoms with Gasteiger partial charge in [0, 0.05) is 19.3 Å². The van der Waals surface area contributed by atoms with Crippen LogP contribution in [0.2, 0.25) is 0 Å². The number of aliphatic hydroxyl groups is 2. The molecule has 5 heteroatoms. The fourth-order valence-corrected chi connectivity index (χ4v) is 3.49. The number of benzene rings is 1. The van der Waals surface area contributed by atoms with E-state index in [2.05, 4.69) is 4.98 Å². The Morgan fingerprint density at radius 2 is 1.92 bits per heavy atom. The highest BCUT2D eigenvalue weighted by molar-refractivity contribution is 6.01. The molecule has 5 nitrogen and oxygen atoms in total. The van der Waals surface area contributed by atoms with Crippen molar-refractivity contribution in [1.29, 1.82) is 0 Å². The van der Waals surface area contributed by atoms with Crippen LogP contribution in [0.15, 0.2) is 42.6 Å². The third kappa shape index (κ3) is 3.72. The molecule has 1 fully saturated rings. The molecule has 2 aromatic rings. The molecule has 0 saturated carbocycles. The van der Waals surface area contributed by atoms with Crippen molar-refractivity contribution in [2.45, 2.75) is 25.9 Å². The predicted octanol–water partition coefficient (Wildman–Crippen LogP) is 2.26. The van der Waals surface area contributed by atoms with E-state index < -0.39 is 6.10 Å². The van der Waals surface area contributed by atoms with E-state index in [0.29, 0.717) is 31.5 Å².